The lowest BCUT2D eigenvalue weighted by Crippen LogP contribution is -2.18. The monoisotopic (exact) mass is 377 g/mol. The van der Waals surface area contributed by atoms with E-state index in [-0.39, 0.29) is 5.97 Å². The fourth-order valence-corrected chi connectivity index (χ4v) is 2.48. The molecule has 7 nitrogen and oxygen atoms in total. The number of rotatable bonds is 6. The molecule has 7 heteroatoms. The van der Waals surface area contributed by atoms with Gasteiger partial charge in [0.15, 0.2) is 0 Å². The number of anilines is 1. The molecule has 0 saturated carbocycles. The summed E-state index contributed by atoms with van der Waals surface area (Å²) in [5.41, 5.74) is 10.2. The highest BCUT2D eigenvalue weighted by atomic mass is 16.5. The van der Waals surface area contributed by atoms with Crippen molar-refractivity contribution in [3.8, 4) is 11.3 Å². The first-order valence-corrected chi connectivity index (χ1v) is 8.63. The highest BCUT2D eigenvalue weighted by molar-refractivity contribution is 5.99. The zero-order valence-electron chi connectivity index (χ0n) is 15.2. The van der Waals surface area contributed by atoms with Crippen molar-refractivity contribution < 1.29 is 18.7 Å². The average molecular weight is 377 g/mol. The Morgan fingerprint density at radius 1 is 1.11 bits per heavy atom. The van der Waals surface area contributed by atoms with Crippen LogP contribution in [0.15, 0.2) is 70.2 Å². The number of nitrogens with one attached hydrogen (secondary N) is 1. The summed E-state index contributed by atoms with van der Waals surface area (Å²) in [6.45, 7) is 2.09. The van der Waals surface area contributed by atoms with Crippen LogP contribution in [0.4, 0.5) is 5.69 Å². The lowest BCUT2D eigenvalue weighted by atomic mass is 10.1. The van der Waals surface area contributed by atoms with Crippen LogP contribution in [0.2, 0.25) is 0 Å². The third-order valence-corrected chi connectivity index (χ3v) is 3.87. The second-order valence-corrected chi connectivity index (χ2v) is 5.79. The Labute approximate surface area is 161 Å². The van der Waals surface area contributed by atoms with Crippen molar-refractivity contribution in [3.63, 3.8) is 0 Å². The van der Waals surface area contributed by atoms with E-state index in [4.69, 9.17) is 14.9 Å². The summed E-state index contributed by atoms with van der Waals surface area (Å²) < 4.78 is 10.6. The molecule has 0 spiro atoms. The first kappa shape index (κ1) is 18.9. The third kappa shape index (κ3) is 4.45. The van der Waals surface area contributed by atoms with E-state index in [2.05, 4.69) is 10.5 Å². The van der Waals surface area contributed by atoms with E-state index in [1.54, 1.807) is 67.6 Å². The predicted octanol–water partition coefficient (Wildman–Crippen LogP) is 3.47. The number of carbonyl (C=O) groups excluding carboxylic acids is 2. The van der Waals surface area contributed by atoms with Crippen LogP contribution in [-0.2, 0) is 4.74 Å². The van der Waals surface area contributed by atoms with Gasteiger partial charge in [0.05, 0.1) is 23.9 Å². The molecule has 3 rings (SSSR count). The summed E-state index contributed by atoms with van der Waals surface area (Å²) in [6.07, 6.45) is 1.40. The van der Waals surface area contributed by atoms with Crippen molar-refractivity contribution in [1.29, 1.82) is 0 Å². The minimum absolute atomic E-state index is 0.328. The summed E-state index contributed by atoms with van der Waals surface area (Å²) in [4.78, 5) is 23.7. The quantitative estimate of drug-likeness (QED) is 0.296. The topological polar surface area (TPSA) is 107 Å². The first-order chi connectivity index (χ1) is 13.6. The van der Waals surface area contributed by atoms with Crippen molar-refractivity contribution in [2.75, 3.05) is 12.3 Å². The van der Waals surface area contributed by atoms with Crippen LogP contribution in [0.3, 0.4) is 0 Å². The van der Waals surface area contributed by atoms with E-state index in [9.17, 15) is 9.59 Å². The average Bonchev–Trinajstić information content (AvgIpc) is 3.17. The van der Waals surface area contributed by atoms with Gasteiger partial charge in [0, 0.05) is 11.3 Å². The van der Waals surface area contributed by atoms with Crippen molar-refractivity contribution in [2.45, 2.75) is 6.92 Å². The van der Waals surface area contributed by atoms with Gasteiger partial charge in [-0.15, -0.1) is 0 Å². The van der Waals surface area contributed by atoms with E-state index in [1.165, 1.54) is 6.21 Å². The van der Waals surface area contributed by atoms with E-state index < -0.39 is 5.91 Å². The number of furan rings is 1. The molecule has 1 amide bonds. The normalized spacial score (nSPS) is 10.8. The highest BCUT2D eigenvalue weighted by Gasteiger charge is 2.09. The maximum atomic E-state index is 12.0. The van der Waals surface area contributed by atoms with Gasteiger partial charge in [-0.1, -0.05) is 24.3 Å². The molecule has 3 aromatic rings. The number of benzene rings is 2. The molecule has 0 bridgehead atoms. The van der Waals surface area contributed by atoms with Crippen LogP contribution in [0.25, 0.3) is 11.3 Å². The third-order valence-electron chi connectivity index (χ3n) is 3.87. The Morgan fingerprint density at radius 3 is 2.57 bits per heavy atom. The maximum absolute atomic E-state index is 12.0. The number of amides is 1. The maximum Gasteiger partial charge on any atom is 0.338 e. The molecule has 0 fully saturated rings. The molecule has 0 aliphatic rings. The Morgan fingerprint density at radius 2 is 1.86 bits per heavy atom. The molecule has 0 aliphatic heterocycles. The molecule has 3 N–H and O–H groups in total. The summed E-state index contributed by atoms with van der Waals surface area (Å²) in [5.74, 6) is 0.299. The minimum Gasteiger partial charge on any atom is -0.462 e. The summed E-state index contributed by atoms with van der Waals surface area (Å²) >= 11 is 0. The van der Waals surface area contributed by atoms with Crippen molar-refractivity contribution in [1.82, 2.24) is 5.43 Å². The van der Waals surface area contributed by atoms with E-state index in [0.717, 1.165) is 5.56 Å². The Balaban J connectivity index is 1.64. The molecule has 0 atom stereocenters. The number of para-hydroxylation sites is 1. The van der Waals surface area contributed by atoms with E-state index in [1.807, 2.05) is 0 Å². The minimum atomic E-state index is -0.407. The number of hydrogen-bond donors (Lipinski definition) is 2. The zero-order chi connectivity index (χ0) is 19.9. The molecule has 142 valence electrons. The van der Waals surface area contributed by atoms with Gasteiger partial charge in [0.25, 0.3) is 5.91 Å². The smallest absolute Gasteiger partial charge is 0.338 e. The van der Waals surface area contributed by atoms with Gasteiger partial charge in [-0.2, -0.15) is 5.10 Å². The molecular weight excluding hydrogens is 358 g/mol. The number of nitrogens with two attached hydrogens (primary N) is 1. The van der Waals surface area contributed by atoms with Crippen LogP contribution in [-0.4, -0.2) is 24.7 Å². The second kappa shape index (κ2) is 8.68. The molecule has 2 aromatic carbocycles. The lowest BCUT2D eigenvalue weighted by molar-refractivity contribution is 0.0526. The van der Waals surface area contributed by atoms with Gasteiger partial charge in [0.2, 0.25) is 0 Å². The number of ether oxygens (including phenoxy) is 1. The van der Waals surface area contributed by atoms with Crippen molar-refractivity contribution in [2.24, 2.45) is 5.10 Å². The van der Waals surface area contributed by atoms with Crippen molar-refractivity contribution in [3.05, 3.63) is 77.6 Å². The Kier molecular flexibility index (Phi) is 5.86. The number of esters is 1. The molecule has 0 unspecified atom stereocenters. The van der Waals surface area contributed by atoms with Crippen LogP contribution in [0, 0.1) is 0 Å². The zero-order valence-corrected chi connectivity index (χ0v) is 15.2. The van der Waals surface area contributed by atoms with Crippen LogP contribution in [0.1, 0.15) is 33.4 Å². The predicted molar refractivity (Wildman–Crippen MR) is 106 cm³/mol. The SMILES string of the molecule is CCOC(=O)c1ccc(-c2ccc(/C=N\NC(=O)c3ccccc3N)o2)cc1. The second-order valence-electron chi connectivity index (χ2n) is 5.79. The van der Waals surface area contributed by atoms with E-state index in [0.29, 0.717) is 34.9 Å². The van der Waals surface area contributed by atoms with Gasteiger partial charge < -0.3 is 14.9 Å². The fraction of sp³-hybridized carbons (Fsp3) is 0.0952. The lowest BCUT2D eigenvalue weighted by Gasteiger charge is -2.03. The number of carbonyl (C=O) groups is 2. The summed E-state index contributed by atoms with van der Waals surface area (Å²) in [7, 11) is 0. The number of nitrogen functional groups attached to an aromatic ring is 1. The Bertz CT molecular complexity index is 1010. The number of hydrogen-bond acceptors (Lipinski definition) is 6. The van der Waals surface area contributed by atoms with Gasteiger partial charge in [-0.05, 0) is 43.3 Å². The summed E-state index contributed by atoms with van der Waals surface area (Å²) in [5, 5.41) is 3.89. The number of nitrogens with zero attached hydrogens (tertiary/aromatic N) is 1. The fourth-order valence-electron chi connectivity index (χ4n) is 2.48. The summed E-state index contributed by atoms with van der Waals surface area (Å²) in [6, 6.07) is 17.1. The van der Waals surface area contributed by atoms with Gasteiger partial charge in [-0.3, -0.25) is 4.79 Å². The molecule has 0 radical (unpaired) electrons. The van der Waals surface area contributed by atoms with Gasteiger partial charge >= 0.3 is 5.97 Å². The Hall–Kier alpha value is -3.87. The molecule has 0 saturated heterocycles. The standard InChI is InChI=1S/C21H19N3O4/c1-2-27-21(26)15-9-7-14(8-10-15)19-12-11-16(28-19)13-23-24-20(25)17-5-3-4-6-18(17)22/h3-13H,2,22H2,1H3,(H,24,25)/b23-13-. The molecule has 28 heavy (non-hydrogen) atoms. The van der Waals surface area contributed by atoms with Crippen LogP contribution in [0.5, 0.6) is 0 Å². The van der Waals surface area contributed by atoms with Crippen LogP contribution >= 0.6 is 0 Å². The molecular formula is C21H19N3O4. The first-order valence-electron chi connectivity index (χ1n) is 8.63. The van der Waals surface area contributed by atoms with Crippen molar-refractivity contribution >= 4 is 23.8 Å². The highest BCUT2D eigenvalue weighted by Crippen LogP contribution is 2.22. The van der Waals surface area contributed by atoms with Gasteiger partial charge in [-0.25, -0.2) is 10.2 Å². The molecule has 0 aliphatic carbocycles. The van der Waals surface area contributed by atoms with Crippen LogP contribution < -0.4 is 11.2 Å². The largest absolute Gasteiger partial charge is 0.462 e. The van der Waals surface area contributed by atoms with Gasteiger partial charge in [0.1, 0.15) is 11.5 Å². The number of hydrazone groups is 1. The van der Waals surface area contributed by atoms with E-state index >= 15 is 0 Å². The molecule has 1 aromatic heterocycles. The molecule has 1 heterocycles.